The van der Waals surface area contributed by atoms with Crippen LogP contribution < -0.4 is 4.74 Å². The van der Waals surface area contributed by atoms with Gasteiger partial charge >= 0.3 is 0 Å². The van der Waals surface area contributed by atoms with E-state index in [9.17, 15) is 4.39 Å². The third kappa shape index (κ3) is 3.03. The Kier molecular flexibility index (Phi) is 4.47. The van der Waals surface area contributed by atoms with Crippen molar-refractivity contribution in [3.63, 3.8) is 0 Å². The molecule has 2 fully saturated rings. The van der Waals surface area contributed by atoms with Gasteiger partial charge in [0.25, 0.3) is 5.88 Å². The van der Waals surface area contributed by atoms with Crippen LogP contribution in [0.15, 0.2) is 23.8 Å². The Balaban J connectivity index is 1.53. The normalized spacial score (nSPS) is 27.2. The van der Waals surface area contributed by atoms with Crippen molar-refractivity contribution in [3.8, 4) is 5.88 Å². The first-order valence-corrected chi connectivity index (χ1v) is 9.12. The van der Waals surface area contributed by atoms with Gasteiger partial charge < -0.3 is 9.47 Å². The molecule has 0 spiro atoms. The summed E-state index contributed by atoms with van der Waals surface area (Å²) in [7, 11) is 0. The van der Waals surface area contributed by atoms with E-state index in [1.54, 1.807) is 23.6 Å². The van der Waals surface area contributed by atoms with Crippen LogP contribution in [-0.2, 0) is 11.3 Å². The molecule has 0 aliphatic carbocycles. The first kappa shape index (κ1) is 15.9. The highest BCUT2D eigenvalue weighted by Crippen LogP contribution is 2.33. The van der Waals surface area contributed by atoms with Crippen molar-refractivity contribution in [3.05, 3.63) is 40.2 Å². The fraction of sp³-hybridized carbons (Fsp3) is 0.529. The lowest BCUT2D eigenvalue weighted by molar-refractivity contribution is -0.0486. The van der Waals surface area contributed by atoms with E-state index in [1.165, 1.54) is 10.9 Å². The third-order valence-corrected chi connectivity index (χ3v) is 5.68. The summed E-state index contributed by atoms with van der Waals surface area (Å²) >= 11 is 1.68. The average molecular weight is 349 g/mol. The van der Waals surface area contributed by atoms with Crippen LogP contribution in [0.5, 0.6) is 5.88 Å². The molecule has 3 atom stereocenters. The van der Waals surface area contributed by atoms with Crippen LogP contribution in [0.3, 0.4) is 0 Å². The van der Waals surface area contributed by atoms with Gasteiger partial charge in [-0.15, -0.1) is 11.3 Å². The van der Waals surface area contributed by atoms with Gasteiger partial charge in [-0.2, -0.15) is 0 Å². The molecule has 2 aliphatic heterocycles. The molecular weight excluding hydrogens is 329 g/mol. The van der Waals surface area contributed by atoms with Gasteiger partial charge in [-0.05, 0) is 31.9 Å². The van der Waals surface area contributed by atoms with Crippen molar-refractivity contribution < 1.29 is 13.9 Å². The molecule has 2 aromatic heterocycles. The minimum absolute atomic E-state index is 0.0339. The average Bonchev–Trinajstić information content (AvgIpc) is 3.15. The van der Waals surface area contributed by atoms with Crippen LogP contribution in [-0.4, -0.2) is 46.3 Å². The van der Waals surface area contributed by atoms with E-state index in [0.29, 0.717) is 12.6 Å². The van der Waals surface area contributed by atoms with Crippen LogP contribution >= 0.6 is 11.3 Å². The highest BCUT2D eigenvalue weighted by atomic mass is 32.1. The summed E-state index contributed by atoms with van der Waals surface area (Å²) in [6, 6.07) is 3.24. The van der Waals surface area contributed by atoms with Crippen LogP contribution in [0.1, 0.15) is 23.4 Å². The number of nitrogens with zero attached hydrogens (tertiary/aromatic N) is 3. The summed E-state index contributed by atoms with van der Waals surface area (Å²) in [5, 5.41) is 0. The van der Waals surface area contributed by atoms with Crippen molar-refractivity contribution in [1.82, 2.24) is 14.9 Å². The summed E-state index contributed by atoms with van der Waals surface area (Å²) in [5.74, 6) is -0.368. The molecule has 0 aromatic carbocycles. The number of hydrogen-bond donors (Lipinski definition) is 0. The van der Waals surface area contributed by atoms with Crippen LogP contribution in [0.4, 0.5) is 4.39 Å². The SMILES string of the molecule is Cc1ncsc1CN1C[C@@H](Oc2ncccc2F)[C@H]2OCCC[C@H]21. The number of aromatic nitrogens is 2. The molecule has 2 saturated heterocycles. The second kappa shape index (κ2) is 6.74. The smallest absolute Gasteiger partial charge is 0.250 e. The predicted molar refractivity (Wildman–Crippen MR) is 88.6 cm³/mol. The quantitative estimate of drug-likeness (QED) is 0.849. The van der Waals surface area contributed by atoms with Gasteiger partial charge in [0.1, 0.15) is 12.2 Å². The largest absolute Gasteiger partial charge is 0.468 e. The molecule has 0 radical (unpaired) electrons. The van der Waals surface area contributed by atoms with Crippen molar-refractivity contribution in [2.45, 2.75) is 44.6 Å². The fourth-order valence-electron chi connectivity index (χ4n) is 3.55. The Morgan fingerprint density at radius 3 is 3.17 bits per heavy atom. The van der Waals surface area contributed by atoms with Gasteiger partial charge in [-0.3, -0.25) is 4.90 Å². The lowest BCUT2D eigenvalue weighted by atomic mass is 10.0. The zero-order chi connectivity index (χ0) is 16.5. The molecule has 4 rings (SSSR count). The number of hydrogen-bond acceptors (Lipinski definition) is 6. The predicted octanol–water partition coefficient (Wildman–Crippen LogP) is 2.80. The molecule has 0 saturated carbocycles. The molecule has 2 aromatic rings. The second-order valence-electron chi connectivity index (χ2n) is 6.28. The minimum atomic E-state index is -0.429. The Hall–Kier alpha value is -1.57. The van der Waals surface area contributed by atoms with Gasteiger partial charge in [0.2, 0.25) is 0 Å². The third-order valence-electron chi connectivity index (χ3n) is 4.76. The van der Waals surface area contributed by atoms with E-state index in [2.05, 4.69) is 14.9 Å². The van der Waals surface area contributed by atoms with E-state index in [0.717, 1.165) is 31.7 Å². The Morgan fingerprint density at radius 2 is 2.38 bits per heavy atom. The Morgan fingerprint density at radius 1 is 1.46 bits per heavy atom. The maximum Gasteiger partial charge on any atom is 0.250 e. The van der Waals surface area contributed by atoms with E-state index in [-0.39, 0.29) is 18.1 Å². The number of likely N-dealkylation sites (tertiary alicyclic amines) is 1. The molecule has 2 aliphatic rings. The van der Waals surface area contributed by atoms with E-state index < -0.39 is 5.82 Å². The molecule has 128 valence electrons. The summed E-state index contributed by atoms with van der Waals surface area (Å²) in [6.45, 7) is 4.32. The van der Waals surface area contributed by atoms with Crippen LogP contribution in [0, 0.1) is 12.7 Å². The standard InChI is InChI=1S/C17H20FN3O2S/c1-11-15(24-10-20-11)9-21-8-14(16-13(21)5-3-7-22-16)23-17-12(18)4-2-6-19-17/h2,4,6,10,13-14,16H,3,5,7-9H2,1H3/t13-,14-,16+/m1/s1. The van der Waals surface area contributed by atoms with Crippen molar-refractivity contribution >= 4 is 11.3 Å². The Bertz CT molecular complexity index is 711. The van der Waals surface area contributed by atoms with Gasteiger partial charge in [0, 0.05) is 36.8 Å². The van der Waals surface area contributed by atoms with Gasteiger partial charge in [0.15, 0.2) is 5.82 Å². The van der Waals surface area contributed by atoms with Gasteiger partial charge in [-0.1, -0.05) is 0 Å². The molecule has 7 heteroatoms. The van der Waals surface area contributed by atoms with Crippen molar-refractivity contribution in [1.29, 1.82) is 0 Å². The topological polar surface area (TPSA) is 47.5 Å². The first-order chi connectivity index (χ1) is 11.7. The molecule has 0 amide bonds. The number of fused-ring (bicyclic) bond motifs is 1. The molecule has 24 heavy (non-hydrogen) atoms. The second-order valence-corrected chi connectivity index (χ2v) is 7.22. The summed E-state index contributed by atoms with van der Waals surface area (Å²) in [5.41, 5.74) is 2.96. The van der Waals surface area contributed by atoms with E-state index >= 15 is 0 Å². The number of pyridine rings is 1. The summed E-state index contributed by atoms with van der Waals surface area (Å²) in [4.78, 5) is 12.0. The lowest BCUT2D eigenvalue weighted by Crippen LogP contribution is -2.42. The van der Waals surface area contributed by atoms with Gasteiger partial charge in [-0.25, -0.2) is 14.4 Å². The minimum Gasteiger partial charge on any atom is -0.468 e. The maximum atomic E-state index is 13.9. The van der Waals surface area contributed by atoms with Crippen molar-refractivity contribution in [2.75, 3.05) is 13.2 Å². The molecule has 0 unspecified atom stereocenters. The zero-order valence-corrected chi connectivity index (χ0v) is 14.3. The number of thiazole rings is 1. The zero-order valence-electron chi connectivity index (χ0n) is 13.5. The van der Waals surface area contributed by atoms with Crippen LogP contribution in [0.2, 0.25) is 0 Å². The Labute approximate surface area is 144 Å². The highest BCUT2D eigenvalue weighted by molar-refractivity contribution is 7.09. The number of halogens is 1. The number of aryl methyl sites for hydroxylation is 1. The lowest BCUT2D eigenvalue weighted by Gasteiger charge is -2.32. The summed E-state index contributed by atoms with van der Waals surface area (Å²) in [6.07, 6.45) is 3.43. The summed E-state index contributed by atoms with van der Waals surface area (Å²) < 4.78 is 25.7. The van der Waals surface area contributed by atoms with Crippen molar-refractivity contribution in [2.24, 2.45) is 0 Å². The highest BCUT2D eigenvalue weighted by Gasteiger charge is 2.45. The molecule has 0 bridgehead atoms. The molecule has 0 N–H and O–H groups in total. The maximum absolute atomic E-state index is 13.9. The van der Waals surface area contributed by atoms with E-state index in [4.69, 9.17) is 9.47 Å². The number of ether oxygens (including phenoxy) is 2. The molecule has 4 heterocycles. The molecular formula is C17H20FN3O2S. The van der Waals surface area contributed by atoms with E-state index in [1.807, 2.05) is 12.4 Å². The van der Waals surface area contributed by atoms with Gasteiger partial charge in [0.05, 0.1) is 11.2 Å². The first-order valence-electron chi connectivity index (χ1n) is 8.24. The number of rotatable bonds is 4. The fourth-order valence-corrected chi connectivity index (χ4v) is 4.35. The monoisotopic (exact) mass is 349 g/mol. The van der Waals surface area contributed by atoms with Crippen LogP contribution in [0.25, 0.3) is 0 Å². The molecule has 5 nitrogen and oxygen atoms in total.